The number of piperazine rings is 1. The molecule has 0 aromatic heterocycles. The number of sulfonamides is 1. The van der Waals surface area contributed by atoms with Crippen molar-refractivity contribution in [3.63, 3.8) is 0 Å². The largest absolute Gasteiger partial charge is 0.491 e. The van der Waals surface area contributed by atoms with Gasteiger partial charge in [-0.25, -0.2) is 13.2 Å². The van der Waals surface area contributed by atoms with Crippen LogP contribution in [0.3, 0.4) is 0 Å². The number of carboxylic acids is 1. The summed E-state index contributed by atoms with van der Waals surface area (Å²) in [7, 11) is -3.79. The lowest BCUT2D eigenvalue weighted by molar-refractivity contribution is 0.0691. The molecule has 1 aliphatic rings. The number of aromatic carboxylic acids is 1. The van der Waals surface area contributed by atoms with Crippen LogP contribution in [0.4, 0.5) is 0 Å². The van der Waals surface area contributed by atoms with Gasteiger partial charge in [0.1, 0.15) is 10.5 Å². The van der Waals surface area contributed by atoms with Gasteiger partial charge in [0.25, 0.3) is 0 Å². The Morgan fingerprint density at radius 1 is 1.21 bits per heavy atom. The lowest BCUT2D eigenvalue weighted by atomic mass is 10.2. The normalized spacial score (nSPS) is 16.9. The van der Waals surface area contributed by atoms with E-state index in [2.05, 4.69) is 4.90 Å². The molecule has 1 aromatic carbocycles. The molecule has 0 unspecified atom stereocenters. The van der Waals surface area contributed by atoms with E-state index in [1.165, 1.54) is 22.5 Å². The molecule has 1 heterocycles. The number of nitrogens with zero attached hydrogens (tertiary/aromatic N) is 2. The fourth-order valence-electron chi connectivity index (χ4n) is 2.67. The zero-order chi connectivity index (χ0) is 17.7. The van der Waals surface area contributed by atoms with Gasteiger partial charge in [-0.15, -0.1) is 0 Å². The van der Waals surface area contributed by atoms with E-state index in [0.717, 1.165) is 6.54 Å². The van der Waals surface area contributed by atoms with Gasteiger partial charge in [0.05, 0.1) is 6.61 Å². The highest BCUT2D eigenvalue weighted by Crippen LogP contribution is 2.31. The fraction of sp³-hybridized carbons (Fsp3) is 0.562. The van der Waals surface area contributed by atoms with Crippen molar-refractivity contribution in [2.24, 2.45) is 0 Å². The first-order valence-electron chi connectivity index (χ1n) is 8.13. The van der Waals surface area contributed by atoms with Crippen LogP contribution >= 0.6 is 0 Å². The minimum absolute atomic E-state index is 0.0650. The lowest BCUT2D eigenvalue weighted by Gasteiger charge is -2.33. The number of benzene rings is 1. The SMILES string of the molecule is CCCOc1c(C(=O)O)cccc1S(=O)(=O)N1CCN(CC)CC1. The maximum Gasteiger partial charge on any atom is 0.339 e. The minimum Gasteiger partial charge on any atom is -0.491 e. The van der Waals surface area contributed by atoms with Crippen LogP contribution in [0.1, 0.15) is 30.6 Å². The Hall–Kier alpha value is -1.64. The Labute approximate surface area is 142 Å². The van der Waals surface area contributed by atoms with E-state index in [1.54, 1.807) is 0 Å². The molecule has 0 bridgehead atoms. The van der Waals surface area contributed by atoms with Gasteiger partial charge in [0.2, 0.25) is 10.0 Å². The molecule has 8 heteroatoms. The second-order valence-corrected chi connectivity index (χ2v) is 7.53. The molecular formula is C16H24N2O5S. The van der Waals surface area contributed by atoms with Crippen LogP contribution < -0.4 is 4.74 Å². The smallest absolute Gasteiger partial charge is 0.339 e. The molecule has 1 saturated heterocycles. The molecular weight excluding hydrogens is 332 g/mol. The number of ether oxygens (including phenoxy) is 1. The highest BCUT2D eigenvalue weighted by Gasteiger charge is 2.32. The van der Waals surface area contributed by atoms with Crippen molar-refractivity contribution in [2.75, 3.05) is 39.3 Å². The minimum atomic E-state index is -3.79. The van der Waals surface area contributed by atoms with Gasteiger partial charge in [0, 0.05) is 26.2 Å². The summed E-state index contributed by atoms with van der Waals surface area (Å²) in [4.78, 5) is 13.5. The van der Waals surface area contributed by atoms with Gasteiger partial charge in [-0.3, -0.25) is 0 Å². The van der Waals surface area contributed by atoms with E-state index in [1.807, 2.05) is 13.8 Å². The molecule has 1 aromatic rings. The Kier molecular flexibility index (Phi) is 6.20. The van der Waals surface area contributed by atoms with Crippen LogP contribution in [0.2, 0.25) is 0 Å². The summed E-state index contributed by atoms with van der Waals surface area (Å²) in [6.45, 7) is 7.17. The molecule has 0 atom stereocenters. The third-order valence-corrected chi connectivity index (χ3v) is 5.98. The Balaban J connectivity index is 2.39. The van der Waals surface area contributed by atoms with Crippen molar-refractivity contribution in [3.8, 4) is 5.75 Å². The van der Waals surface area contributed by atoms with Gasteiger partial charge in [0.15, 0.2) is 5.75 Å². The molecule has 0 spiro atoms. The zero-order valence-corrected chi connectivity index (χ0v) is 14.9. The van der Waals surface area contributed by atoms with Crippen LogP contribution in [-0.2, 0) is 10.0 Å². The summed E-state index contributed by atoms with van der Waals surface area (Å²) in [5.41, 5.74) is -0.128. The van der Waals surface area contributed by atoms with Gasteiger partial charge in [-0.05, 0) is 25.1 Å². The Morgan fingerprint density at radius 3 is 2.42 bits per heavy atom. The van der Waals surface area contributed by atoms with Crippen molar-refractivity contribution >= 4 is 16.0 Å². The summed E-state index contributed by atoms with van der Waals surface area (Å²) in [6, 6.07) is 4.22. The number of rotatable bonds is 7. The fourth-order valence-corrected chi connectivity index (χ4v) is 4.24. The third kappa shape index (κ3) is 3.88. The highest BCUT2D eigenvalue weighted by molar-refractivity contribution is 7.89. The lowest BCUT2D eigenvalue weighted by Crippen LogP contribution is -2.48. The predicted octanol–water partition coefficient (Wildman–Crippen LogP) is 1.50. The Morgan fingerprint density at radius 2 is 1.88 bits per heavy atom. The summed E-state index contributed by atoms with van der Waals surface area (Å²) >= 11 is 0. The first-order valence-corrected chi connectivity index (χ1v) is 9.57. The standard InChI is InChI=1S/C16H24N2O5S/c1-3-12-23-15-13(16(19)20)6-5-7-14(15)24(21,22)18-10-8-17(4-2)9-11-18/h5-7H,3-4,8-12H2,1-2H3,(H,19,20). The molecule has 134 valence electrons. The van der Waals surface area contributed by atoms with Gasteiger partial charge < -0.3 is 14.7 Å². The topological polar surface area (TPSA) is 87.1 Å². The number of carbonyl (C=O) groups is 1. The van der Waals surface area contributed by atoms with E-state index < -0.39 is 16.0 Å². The Bertz CT molecular complexity index is 682. The average molecular weight is 356 g/mol. The molecule has 1 aliphatic heterocycles. The number of hydrogen-bond acceptors (Lipinski definition) is 5. The second kappa shape index (κ2) is 7.96. The van der Waals surface area contributed by atoms with Crippen LogP contribution in [0.15, 0.2) is 23.1 Å². The first kappa shape index (κ1) is 18.7. The van der Waals surface area contributed by atoms with E-state index in [4.69, 9.17) is 4.74 Å². The summed E-state index contributed by atoms with van der Waals surface area (Å²) in [5, 5.41) is 9.34. The average Bonchev–Trinajstić information content (AvgIpc) is 2.59. The molecule has 0 aliphatic carbocycles. The number of likely N-dealkylation sites (N-methyl/N-ethyl adjacent to an activating group) is 1. The predicted molar refractivity (Wildman–Crippen MR) is 90.1 cm³/mol. The van der Waals surface area contributed by atoms with Crippen molar-refractivity contribution < 1.29 is 23.1 Å². The maximum absolute atomic E-state index is 13.0. The summed E-state index contributed by atoms with van der Waals surface area (Å²) in [5.74, 6) is -1.27. The number of hydrogen-bond donors (Lipinski definition) is 1. The third-order valence-electron chi connectivity index (χ3n) is 4.06. The van der Waals surface area contributed by atoms with Crippen molar-refractivity contribution in [1.82, 2.24) is 9.21 Å². The number of carboxylic acid groups (broad SMARTS) is 1. The van der Waals surface area contributed by atoms with E-state index in [-0.39, 0.29) is 22.8 Å². The quantitative estimate of drug-likeness (QED) is 0.797. The highest BCUT2D eigenvalue weighted by atomic mass is 32.2. The van der Waals surface area contributed by atoms with E-state index in [9.17, 15) is 18.3 Å². The molecule has 0 saturated carbocycles. The van der Waals surface area contributed by atoms with Gasteiger partial charge >= 0.3 is 5.97 Å². The van der Waals surface area contributed by atoms with Crippen LogP contribution in [0.25, 0.3) is 0 Å². The van der Waals surface area contributed by atoms with Gasteiger partial charge in [-0.1, -0.05) is 19.9 Å². The number of para-hydroxylation sites is 1. The van der Waals surface area contributed by atoms with Crippen molar-refractivity contribution in [3.05, 3.63) is 23.8 Å². The van der Waals surface area contributed by atoms with E-state index in [0.29, 0.717) is 32.6 Å². The molecule has 7 nitrogen and oxygen atoms in total. The molecule has 1 N–H and O–H groups in total. The molecule has 0 amide bonds. The van der Waals surface area contributed by atoms with Crippen molar-refractivity contribution in [2.45, 2.75) is 25.2 Å². The van der Waals surface area contributed by atoms with Crippen LogP contribution in [-0.4, -0.2) is 68.0 Å². The zero-order valence-electron chi connectivity index (χ0n) is 14.1. The molecule has 1 fully saturated rings. The van der Waals surface area contributed by atoms with Crippen LogP contribution in [0.5, 0.6) is 5.75 Å². The van der Waals surface area contributed by atoms with E-state index >= 15 is 0 Å². The molecule has 24 heavy (non-hydrogen) atoms. The maximum atomic E-state index is 13.0. The second-order valence-electron chi connectivity index (χ2n) is 5.62. The van der Waals surface area contributed by atoms with Gasteiger partial charge in [-0.2, -0.15) is 4.31 Å². The summed E-state index contributed by atoms with van der Waals surface area (Å²) < 4.78 is 32.9. The first-order chi connectivity index (χ1) is 11.4. The van der Waals surface area contributed by atoms with Crippen molar-refractivity contribution in [1.29, 1.82) is 0 Å². The summed E-state index contributed by atoms with van der Waals surface area (Å²) in [6.07, 6.45) is 0.655. The molecule has 2 rings (SSSR count). The van der Waals surface area contributed by atoms with Crippen LogP contribution in [0, 0.1) is 0 Å². The molecule has 0 radical (unpaired) electrons. The monoisotopic (exact) mass is 356 g/mol.